The highest BCUT2D eigenvalue weighted by molar-refractivity contribution is 5.98. The van der Waals surface area contributed by atoms with Gasteiger partial charge in [0.25, 0.3) is 0 Å². The molecule has 2 aliphatic rings. The summed E-state index contributed by atoms with van der Waals surface area (Å²) in [6.45, 7) is 3.88. The molecule has 1 aromatic carbocycles. The fourth-order valence-electron chi connectivity index (χ4n) is 4.78. The first-order valence-corrected chi connectivity index (χ1v) is 13.4. The van der Waals surface area contributed by atoms with Gasteiger partial charge in [-0.3, -0.25) is 19.2 Å². The number of rotatable bonds is 15. The van der Waals surface area contributed by atoms with E-state index in [9.17, 15) is 19.2 Å². The fourth-order valence-corrected chi connectivity index (χ4v) is 4.78. The number of hydrogen-bond donors (Lipinski definition) is 3. The smallest absolute Gasteiger partial charge is 0.243 e. The summed E-state index contributed by atoms with van der Waals surface area (Å²) in [6.07, 6.45) is 5.18. The SMILES string of the molecule is COCCC(=O)N[C@H](C)C(=O)N[C@@H](Cc1ccc(OC)cc1)C(=O)N[C@@H](CC1CCCC1)C(=O)[C@@]1(C)CO1. The van der Waals surface area contributed by atoms with Gasteiger partial charge >= 0.3 is 0 Å². The number of Topliss-reactive ketones (excluding diaryl/α,β-unsaturated/α-hetero) is 1. The Kier molecular flexibility index (Phi) is 10.7. The Morgan fingerprint density at radius 2 is 1.63 bits per heavy atom. The lowest BCUT2D eigenvalue weighted by molar-refractivity contribution is -0.134. The van der Waals surface area contributed by atoms with E-state index >= 15 is 0 Å². The van der Waals surface area contributed by atoms with Crippen LogP contribution in [0.1, 0.15) is 57.9 Å². The van der Waals surface area contributed by atoms with E-state index in [0.29, 0.717) is 24.7 Å². The lowest BCUT2D eigenvalue weighted by Gasteiger charge is -2.26. The molecule has 1 aromatic rings. The molecule has 3 N–H and O–H groups in total. The number of nitrogens with one attached hydrogen (secondary N) is 3. The van der Waals surface area contributed by atoms with Gasteiger partial charge in [0.2, 0.25) is 17.7 Å². The first-order valence-electron chi connectivity index (χ1n) is 13.4. The van der Waals surface area contributed by atoms with E-state index in [4.69, 9.17) is 14.2 Å². The molecule has 3 amide bonds. The number of amides is 3. The number of benzene rings is 1. The number of epoxide rings is 1. The third-order valence-electron chi connectivity index (χ3n) is 7.31. The summed E-state index contributed by atoms with van der Waals surface area (Å²) in [5.41, 5.74) is -0.0640. The molecule has 10 heteroatoms. The van der Waals surface area contributed by atoms with E-state index in [-0.39, 0.29) is 31.1 Å². The van der Waals surface area contributed by atoms with Crippen LogP contribution >= 0.6 is 0 Å². The first kappa shape index (κ1) is 29.6. The number of hydrogen-bond acceptors (Lipinski definition) is 7. The van der Waals surface area contributed by atoms with Crippen molar-refractivity contribution in [3.05, 3.63) is 29.8 Å². The van der Waals surface area contributed by atoms with Gasteiger partial charge in [-0.05, 0) is 43.9 Å². The summed E-state index contributed by atoms with van der Waals surface area (Å²) in [5.74, 6) is -0.375. The molecular weight excluding hydrogens is 490 g/mol. The summed E-state index contributed by atoms with van der Waals surface area (Å²) in [4.78, 5) is 51.9. The molecule has 2 fully saturated rings. The van der Waals surface area contributed by atoms with Gasteiger partial charge in [0, 0.05) is 20.0 Å². The molecule has 0 aromatic heterocycles. The molecule has 38 heavy (non-hydrogen) atoms. The van der Waals surface area contributed by atoms with Crippen molar-refractivity contribution in [1.29, 1.82) is 0 Å². The largest absolute Gasteiger partial charge is 0.497 e. The third-order valence-corrected chi connectivity index (χ3v) is 7.31. The van der Waals surface area contributed by atoms with Crippen LogP contribution in [-0.4, -0.2) is 74.7 Å². The zero-order chi connectivity index (χ0) is 27.7. The highest BCUT2D eigenvalue weighted by Gasteiger charge is 2.50. The van der Waals surface area contributed by atoms with E-state index in [1.807, 2.05) is 12.1 Å². The molecule has 0 bridgehead atoms. The van der Waals surface area contributed by atoms with Crippen molar-refractivity contribution in [3.63, 3.8) is 0 Å². The Labute approximate surface area is 224 Å². The van der Waals surface area contributed by atoms with Gasteiger partial charge in [-0.15, -0.1) is 0 Å². The molecule has 1 aliphatic carbocycles. The van der Waals surface area contributed by atoms with Crippen molar-refractivity contribution in [2.45, 2.75) is 82.5 Å². The van der Waals surface area contributed by atoms with Crippen molar-refractivity contribution in [3.8, 4) is 5.75 Å². The number of methoxy groups -OCH3 is 2. The van der Waals surface area contributed by atoms with Crippen LogP contribution in [0.3, 0.4) is 0 Å². The van der Waals surface area contributed by atoms with Crippen LogP contribution in [0, 0.1) is 5.92 Å². The van der Waals surface area contributed by atoms with E-state index in [0.717, 1.165) is 31.2 Å². The van der Waals surface area contributed by atoms with Gasteiger partial charge in [-0.2, -0.15) is 0 Å². The van der Waals surface area contributed by atoms with Crippen LogP contribution in [-0.2, 0) is 35.1 Å². The zero-order valence-corrected chi connectivity index (χ0v) is 22.8. The number of ether oxygens (including phenoxy) is 3. The van der Waals surface area contributed by atoms with E-state index in [2.05, 4.69) is 16.0 Å². The van der Waals surface area contributed by atoms with Gasteiger partial charge in [-0.1, -0.05) is 37.8 Å². The molecule has 1 aliphatic heterocycles. The maximum Gasteiger partial charge on any atom is 0.243 e. The minimum absolute atomic E-state index is 0.121. The Morgan fingerprint density at radius 1 is 1.00 bits per heavy atom. The minimum atomic E-state index is -0.957. The summed E-state index contributed by atoms with van der Waals surface area (Å²) in [5, 5.41) is 8.33. The van der Waals surface area contributed by atoms with Crippen molar-refractivity contribution in [2.75, 3.05) is 27.4 Å². The van der Waals surface area contributed by atoms with Crippen molar-refractivity contribution in [1.82, 2.24) is 16.0 Å². The molecule has 0 spiro atoms. The molecule has 1 heterocycles. The third kappa shape index (κ3) is 8.52. The van der Waals surface area contributed by atoms with Gasteiger partial charge in [0.1, 0.15) is 23.4 Å². The number of carbonyl (C=O) groups excluding carboxylic acids is 4. The molecular formula is C28H41N3O7. The van der Waals surface area contributed by atoms with E-state index in [1.54, 1.807) is 33.1 Å². The molecule has 1 saturated heterocycles. The van der Waals surface area contributed by atoms with Crippen LogP contribution in [0.2, 0.25) is 0 Å². The molecule has 4 atom stereocenters. The highest BCUT2D eigenvalue weighted by atomic mass is 16.6. The van der Waals surface area contributed by atoms with Crippen LogP contribution in [0.15, 0.2) is 24.3 Å². The standard InChI is InChI=1S/C28H41N3O7/c1-18(29-24(32)13-14-36-3)26(34)31-23(16-20-9-11-21(37-4)12-10-20)27(35)30-22(15-19-7-5-6-8-19)25(33)28(2)17-38-28/h9-12,18-19,22-23H,5-8,13-17H2,1-4H3,(H,29,32)(H,30,35)(H,31,34)/t18-,22+,23+,28-/m1/s1. The highest BCUT2D eigenvalue weighted by Crippen LogP contribution is 2.33. The second-order valence-corrected chi connectivity index (χ2v) is 10.5. The predicted octanol–water partition coefficient (Wildman–Crippen LogP) is 1.69. The lowest BCUT2D eigenvalue weighted by atomic mass is 9.90. The van der Waals surface area contributed by atoms with Gasteiger partial charge in [0.05, 0.1) is 26.4 Å². The quantitative estimate of drug-likeness (QED) is 0.293. The van der Waals surface area contributed by atoms with Crippen LogP contribution in [0.5, 0.6) is 5.75 Å². The Bertz CT molecular complexity index is 971. The molecule has 0 radical (unpaired) electrons. The maximum atomic E-state index is 13.6. The second kappa shape index (κ2) is 13.7. The summed E-state index contributed by atoms with van der Waals surface area (Å²) < 4.78 is 15.5. The number of ketones is 1. The Morgan fingerprint density at radius 3 is 2.21 bits per heavy atom. The maximum absolute atomic E-state index is 13.6. The molecule has 0 unspecified atom stereocenters. The molecule has 10 nitrogen and oxygen atoms in total. The van der Waals surface area contributed by atoms with Crippen molar-refractivity contribution >= 4 is 23.5 Å². The topological polar surface area (TPSA) is 135 Å². The van der Waals surface area contributed by atoms with Gasteiger partial charge < -0.3 is 30.2 Å². The van der Waals surface area contributed by atoms with Crippen molar-refractivity contribution < 1.29 is 33.4 Å². The van der Waals surface area contributed by atoms with E-state index < -0.39 is 35.5 Å². The second-order valence-electron chi connectivity index (χ2n) is 10.5. The monoisotopic (exact) mass is 531 g/mol. The molecule has 1 saturated carbocycles. The van der Waals surface area contributed by atoms with Gasteiger partial charge in [0.15, 0.2) is 5.78 Å². The van der Waals surface area contributed by atoms with Crippen molar-refractivity contribution in [2.24, 2.45) is 5.92 Å². The Hall–Kier alpha value is -2.98. The van der Waals surface area contributed by atoms with Crippen LogP contribution in [0.4, 0.5) is 0 Å². The first-order chi connectivity index (χ1) is 18.1. The van der Waals surface area contributed by atoms with Gasteiger partial charge in [-0.25, -0.2) is 0 Å². The summed E-state index contributed by atoms with van der Waals surface area (Å²) in [6, 6.07) is 4.69. The van der Waals surface area contributed by atoms with E-state index in [1.165, 1.54) is 7.11 Å². The summed E-state index contributed by atoms with van der Waals surface area (Å²) in [7, 11) is 3.06. The van der Waals surface area contributed by atoms with Crippen LogP contribution < -0.4 is 20.7 Å². The lowest BCUT2D eigenvalue weighted by Crippen LogP contribution is -2.57. The summed E-state index contributed by atoms with van der Waals surface area (Å²) >= 11 is 0. The average molecular weight is 532 g/mol. The number of carbonyl (C=O) groups is 4. The predicted molar refractivity (Wildman–Crippen MR) is 141 cm³/mol. The zero-order valence-electron chi connectivity index (χ0n) is 22.8. The normalized spacial score (nSPS) is 21.2. The fraction of sp³-hybridized carbons (Fsp3) is 0.643. The molecule has 3 rings (SSSR count). The molecule has 210 valence electrons. The van der Waals surface area contributed by atoms with Crippen LogP contribution in [0.25, 0.3) is 0 Å². The Balaban J connectivity index is 1.74. The average Bonchev–Trinajstić information content (AvgIpc) is 3.45. The minimum Gasteiger partial charge on any atom is -0.497 e.